The number of nitrogens with one attached hydrogen (secondary N) is 1. The maximum atomic E-state index is 12.0. The summed E-state index contributed by atoms with van der Waals surface area (Å²) in [6.45, 7) is 11.7. The van der Waals surface area contributed by atoms with Crippen LogP contribution in [0, 0.1) is 13.5 Å². The van der Waals surface area contributed by atoms with E-state index in [2.05, 4.69) is 14.7 Å². The molecule has 1 saturated heterocycles. The van der Waals surface area contributed by atoms with Crippen molar-refractivity contribution in [2.45, 2.75) is 32.3 Å². The molecule has 28 heavy (non-hydrogen) atoms. The molecule has 4 rings (SSSR count). The summed E-state index contributed by atoms with van der Waals surface area (Å²) in [7, 11) is 0. The number of aliphatic hydroxyl groups excluding tert-OH is 1. The van der Waals surface area contributed by atoms with Gasteiger partial charge in [-0.3, -0.25) is 4.79 Å². The van der Waals surface area contributed by atoms with Crippen LogP contribution in [0.25, 0.3) is 21.6 Å². The van der Waals surface area contributed by atoms with E-state index in [9.17, 15) is 9.90 Å². The number of aliphatic hydroxyl groups is 1. The fraction of sp³-hybridized carbons (Fsp3) is 0.364. The van der Waals surface area contributed by atoms with Crippen LogP contribution in [0.1, 0.15) is 36.6 Å². The molecule has 1 unspecified atom stereocenters. The summed E-state index contributed by atoms with van der Waals surface area (Å²) in [5.41, 5.74) is 4.50. The number of benzene rings is 1. The Balaban J connectivity index is 1.81. The van der Waals surface area contributed by atoms with E-state index < -0.39 is 6.10 Å². The highest BCUT2D eigenvalue weighted by Gasteiger charge is 2.24. The van der Waals surface area contributed by atoms with E-state index in [0.29, 0.717) is 17.7 Å². The zero-order valence-electron chi connectivity index (χ0n) is 16.0. The lowest BCUT2D eigenvalue weighted by Crippen LogP contribution is -2.33. The van der Waals surface area contributed by atoms with Gasteiger partial charge in [-0.15, -0.1) is 0 Å². The number of hydrogen-bond acceptors (Lipinski definition) is 3. The Hall–Kier alpha value is -2.88. The highest BCUT2D eigenvalue weighted by molar-refractivity contribution is 5.84. The monoisotopic (exact) mass is 376 g/mol. The first-order valence-electron chi connectivity index (χ1n) is 9.71. The number of nitrogens with zero attached hydrogens (tertiary/aromatic N) is 3. The SMILES string of the molecule is [C-]#[N+]c1ccc(-n2c(C)c(C(O)CN3CCCCC3)c3[nH]c(=O)ccc32)cc1. The molecular formula is C22H24N4O2. The Bertz CT molecular complexity index is 1080. The van der Waals surface area contributed by atoms with Gasteiger partial charge in [-0.1, -0.05) is 18.6 Å². The molecule has 0 aliphatic carbocycles. The largest absolute Gasteiger partial charge is 0.387 e. The molecule has 3 heterocycles. The second-order valence-electron chi connectivity index (χ2n) is 7.42. The molecule has 3 aromatic rings. The van der Waals surface area contributed by atoms with Crippen LogP contribution in [0.5, 0.6) is 0 Å². The number of hydrogen-bond donors (Lipinski definition) is 2. The maximum Gasteiger partial charge on any atom is 0.248 e. The quantitative estimate of drug-likeness (QED) is 0.683. The lowest BCUT2D eigenvalue weighted by molar-refractivity contribution is 0.102. The lowest BCUT2D eigenvalue weighted by Gasteiger charge is -2.28. The molecule has 0 spiro atoms. The van der Waals surface area contributed by atoms with Crippen molar-refractivity contribution < 1.29 is 5.11 Å². The molecule has 6 nitrogen and oxygen atoms in total. The molecule has 6 heteroatoms. The van der Waals surface area contributed by atoms with Gasteiger partial charge in [0.2, 0.25) is 5.56 Å². The van der Waals surface area contributed by atoms with Gasteiger partial charge in [0.25, 0.3) is 0 Å². The van der Waals surface area contributed by atoms with Crippen molar-refractivity contribution in [2.75, 3.05) is 19.6 Å². The molecule has 2 N–H and O–H groups in total. The minimum Gasteiger partial charge on any atom is -0.387 e. The smallest absolute Gasteiger partial charge is 0.248 e. The Morgan fingerprint density at radius 2 is 1.86 bits per heavy atom. The van der Waals surface area contributed by atoms with Crippen molar-refractivity contribution in [1.82, 2.24) is 14.5 Å². The van der Waals surface area contributed by atoms with Crippen molar-refractivity contribution >= 4 is 16.7 Å². The van der Waals surface area contributed by atoms with E-state index in [0.717, 1.165) is 48.4 Å². The molecule has 2 aromatic heterocycles. The first-order chi connectivity index (χ1) is 13.6. The van der Waals surface area contributed by atoms with Crippen LogP contribution in [-0.2, 0) is 0 Å². The predicted octanol–water partition coefficient (Wildman–Crippen LogP) is 3.70. The third kappa shape index (κ3) is 3.35. The Morgan fingerprint density at radius 3 is 2.54 bits per heavy atom. The summed E-state index contributed by atoms with van der Waals surface area (Å²) in [6.07, 6.45) is 2.90. The van der Waals surface area contributed by atoms with Crippen LogP contribution in [0.15, 0.2) is 41.2 Å². The molecule has 144 valence electrons. The number of piperidine rings is 1. The maximum absolute atomic E-state index is 12.0. The van der Waals surface area contributed by atoms with Crippen molar-refractivity contribution in [3.05, 3.63) is 69.4 Å². The van der Waals surface area contributed by atoms with Crippen molar-refractivity contribution in [3.8, 4) is 5.69 Å². The molecule has 1 atom stereocenters. The molecule has 0 saturated carbocycles. The second-order valence-corrected chi connectivity index (χ2v) is 7.42. The van der Waals surface area contributed by atoms with Gasteiger partial charge >= 0.3 is 0 Å². The summed E-state index contributed by atoms with van der Waals surface area (Å²) >= 11 is 0. The number of aromatic nitrogens is 2. The third-order valence-electron chi connectivity index (χ3n) is 5.58. The Morgan fingerprint density at radius 1 is 1.14 bits per heavy atom. The van der Waals surface area contributed by atoms with E-state index in [4.69, 9.17) is 6.57 Å². The summed E-state index contributed by atoms with van der Waals surface area (Å²) in [4.78, 5) is 20.7. The van der Waals surface area contributed by atoms with Crippen molar-refractivity contribution in [2.24, 2.45) is 0 Å². The molecule has 0 bridgehead atoms. The van der Waals surface area contributed by atoms with Crippen molar-refractivity contribution in [3.63, 3.8) is 0 Å². The number of H-pyrrole nitrogens is 1. The standard InChI is InChI=1S/C22H24N4O2/c1-15-21(19(27)14-25-12-4-3-5-13-25)22-18(10-11-20(28)24-22)26(15)17-8-6-16(23-2)7-9-17/h6-11,19,27H,3-5,12-14H2,1H3,(H,24,28). The fourth-order valence-corrected chi connectivity index (χ4v) is 4.24. The van der Waals surface area contributed by atoms with Crippen LogP contribution in [0.2, 0.25) is 0 Å². The van der Waals surface area contributed by atoms with E-state index in [1.807, 2.05) is 23.6 Å². The average molecular weight is 376 g/mol. The number of β-amino-alcohol motifs (C(OH)–C–C–N with tert-alkyl or cyclic N) is 1. The molecule has 1 fully saturated rings. The molecule has 1 aliphatic rings. The van der Waals surface area contributed by atoms with Gasteiger partial charge in [0, 0.05) is 29.6 Å². The Labute approximate surface area is 163 Å². The fourth-order valence-electron chi connectivity index (χ4n) is 4.24. The topological polar surface area (TPSA) is 65.6 Å². The first kappa shape index (κ1) is 18.5. The highest BCUT2D eigenvalue weighted by atomic mass is 16.3. The first-order valence-corrected chi connectivity index (χ1v) is 9.71. The van der Waals surface area contributed by atoms with Gasteiger partial charge in [-0.2, -0.15) is 0 Å². The minimum absolute atomic E-state index is 0.181. The van der Waals surface area contributed by atoms with Gasteiger partial charge in [0.15, 0.2) is 5.69 Å². The van der Waals surface area contributed by atoms with Crippen LogP contribution < -0.4 is 5.56 Å². The summed E-state index contributed by atoms with van der Waals surface area (Å²) in [5.74, 6) is 0. The summed E-state index contributed by atoms with van der Waals surface area (Å²) in [5, 5.41) is 11.1. The number of aromatic amines is 1. The predicted molar refractivity (Wildman–Crippen MR) is 110 cm³/mol. The highest BCUT2D eigenvalue weighted by Crippen LogP contribution is 2.32. The Kier molecular flexibility index (Phi) is 5.03. The van der Waals surface area contributed by atoms with Gasteiger partial charge in [-0.05, 0) is 51.1 Å². The zero-order chi connectivity index (χ0) is 19.7. The van der Waals surface area contributed by atoms with E-state index in [1.54, 1.807) is 18.2 Å². The molecule has 0 radical (unpaired) electrons. The van der Waals surface area contributed by atoms with Crippen molar-refractivity contribution in [1.29, 1.82) is 0 Å². The van der Waals surface area contributed by atoms with Crippen LogP contribution >= 0.6 is 0 Å². The summed E-state index contributed by atoms with van der Waals surface area (Å²) in [6, 6.07) is 10.7. The van der Waals surface area contributed by atoms with Crippen LogP contribution in [0.3, 0.4) is 0 Å². The van der Waals surface area contributed by atoms with E-state index >= 15 is 0 Å². The average Bonchev–Trinajstić information content (AvgIpc) is 3.00. The van der Waals surface area contributed by atoms with Gasteiger partial charge in [-0.25, -0.2) is 4.85 Å². The number of likely N-dealkylation sites (tertiary alicyclic amines) is 1. The van der Waals surface area contributed by atoms with Crippen LogP contribution in [-0.4, -0.2) is 39.2 Å². The van der Waals surface area contributed by atoms with Gasteiger partial charge in [0.1, 0.15) is 0 Å². The van der Waals surface area contributed by atoms with E-state index in [1.165, 1.54) is 12.5 Å². The number of pyridine rings is 1. The van der Waals surface area contributed by atoms with Gasteiger partial charge in [0.05, 0.1) is 23.7 Å². The zero-order valence-corrected chi connectivity index (χ0v) is 16.0. The molecule has 0 amide bonds. The number of rotatable bonds is 4. The lowest BCUT2D eigenvalue weighted by atomic mass is 10.1. The number of fused-ring (bicyclic) bond motifs is 1. The second kappa shape index (κ2) is 7.63. The third-order valence-corrected chi connectivity index (χ3v) is 5.58. The van der Waals surface area contributed by atoms with Gasteiger partial charge < -0.3 is 19.6 Å². The molecule has 1 aromatic carbocycles. The van der Waals surface area contributed by atoms with E-state index in [-0.39, 0.29) is 5.56 Å². The molecular weight excluding hydrogens is 352 g/mol. The summed E-state index contributed by atoms with van der Waals surface area (Å²) < 4.78 is 2.04. The normalized spacial score (nSPS) is 16.2. The minimum atomic E-state index is -0.678. The molecule has 1 aliphatic heterocycles. The van der Waals surface area contributed by atoms with Crippen LogP contribution in [0.4, 0.5) is 5.69 Å².